The molecule has 0 fully saturated rings. The van der Waals surface area contributed by atoms with Crippen molar-refractivity contribution in [1.29, 1.82) is 0 Å². The van der Waals surface area contributed by atoms with Crippen molar-refractivity contribution in [3.05, 3.63) is 0 Å². The Labute approximate surface area is 79.6 Å². The van der Waals surface area contributed by atoms with E-state index in [-0.39, 0.29) is 13.3 Å². The first-order valence-electron chi connectivity index (χ1n) is 3.88. The quantitative estimate of drug-likeness (QED) is 0.669. The highest BCUT2D eigenvalue weighted by Gasteiger charge is 2.32. The van der Waals surface area contributed by atoms with E-state index in [9.17, 15) is 18.0 Å². The summed E-state index contributed by atoms with van der Waals surface area (Å²) in [6.07, 6.45) is -5.45. The van der Waals surface area contributed by atoms with E-state index in [2.05, 4.69) is 9.47 Å². The Balaban J connectivity index is 4.06. The fraction of sp³-hybridized carbons (Fsp3) is 0.857. The zero-order valence-corrected chi connectivity index (χ0v) is 7.93. The summed E-state index contributed by atoms with van der Waals surface area (Å²) in [5.74, 6) is 0. The number of rotatable bonds is 4. The summed E-state index contributed by atoms with van der Waals surface area (Å²) in [6.45, 7) is -0.304. The highest BCUT2D eigenvalue weighted by molar-refractivity contribution is 5.67. The highest BCUT2D eigenvalue weighted by Crippen LogP contribution is 2.16. The molecule has 14 heavy (non-hydrogen) atoms. The molecule has 0 atom stereocenters. The van der Waals surface area contributed by atoms with Crippen LogP contribution in [0.15, 0.2) is 0 Å². The number of methoxy groups -OCH3 is 1. The fourth-order valence-corrected chi connectivity index (χ4v) is 0.722. The standard InChI is InChI=1S/C7H12F3NO3/c1-3-11(4-7(8,9)10)6(12)14-5-13-2/h3-5H2,1-2H3. The minimum absolute atomic E-state index is 0.0674. The molecule has 0 unspecified atom stereocenters. The monoisotopic (exact) mass is 215 g/mol. The van der Waals surface area contributed by atoms with E-state index in [0.717, 1.165) is 0 Å². The Kier molecular flexibility index (Phi) is 5.29. The largest absolute Gasteiger partial charge is 0.422 e. The van der Waals surface area contributed by atoms with Gasteiger partial charge in [0.05, 0.1) is 0 Å². The molecule has 0 radical (unpaired) electrons. The third-order valence-corrected chi connectivity index (χ3v) is 1.31. The number of carbonyl (C=O) groups excluding carboxylic acids is 1. The molecule has 1 amide bonds. The molecule has 0 aromatic rings. The van der Waals surface area contributed by atoms with Crippen LogP contribution >= 0.6 is 0 Å². The third kappa shape index (κ3) is 5.63. The summed E-state index contributed by atoms with van der Waals surface area (Å²) >= 11 is 0. The van der Waals surface area contributed by atoms with Gasteiger partial charge in [-0.1, -0.05) is 0 Å². The number of amides is 1. The van der Waals surface area contributed by atoms with Gasteiger partial charge in [0, 0.05) is 13.7 Å². The summed E-state index contributed by atoms with van der Waals surface area (Å²) in [6, 6.07) is 0. The number of carbonyl (C=O) groups is 1. The highest BCUT2D eigenvalue weighted by atomic mass is 19.4. The molecule has 0 aromatic carbocycles. The molecule has 4 nitrogen and oxygen atoms in total. The van der Waals surface area contributed by atoms with Gasteiger partial charge >= 0.3 is 12.3 Å². The molecule has 0 saturated carbocycles. The molecule has 0 aliphatic carbocycles. The normalized spacial score (nSPS) is 11.2. The first-order chi connectivity index (χ1) is 6.40. The number of alkyl halides is 3. The van der Waals surface area contributed by atoms with Crippen LogP contribution in [-0.4, -0.2) is 44.2 Å². The van der Waals surface area contributed by atoms with E-state index in [1.807, 2.05) is 0 Å². The topological polar surface area (TPSA) is 38.8 Å². The maximum atomic E-state index is 11.9. The number of halogens is 3. The zero-order valence-electron chi connectivity index (χ0n) is 7.93. The van der Waals surface area contributed by atoms with E-state index >= 15 is 0 Å². The number of hydrogen-bond acceptors (Lipinski definition) is 3. The van der Waals surface area contributed by atoms with Gasteiger partial charge in [-0.15, -0.1) is 0 Å². The zero-order chi connectivity index (χ0) is 11.2. The predicted molar refractivity (Wildman–Crippen MR) is 41.7 cm³/mol. The van der Waals surface area contributed by atoms with Gasteiger partial charge in [-0.05, 0) is 6.92 Å². The summed E-state index contributed by atoms with van der Waals surface area (Å²) in [5.41, 5.74) is 0. The number of nitrogens with zero attached hydrogens (tertiary/aromatic N) is 1. The molecule has 0 spiro atoms. The van der Waals surface area contributed by atoms with Crippen LogP contribution in [0.1, 0.15) is 6.92 Å². The minimum atomic E-state index is -4.41. The maximum Gasteiger partial charge on any atom is 0.412 e. The molecule has 0 aliphatic rings. The molecule has 7 heteroatoms. The predicted octanol–water partition coefficient (Wildman–Crippen LogP) is 1.61. The Hall–Kier alpha value is -0.980. The lowest BCUT2D eigenvalue weighted by Crippen LogP contribution is -2.39. The SMILES string of the molecule is CCN(CC(F)(F)F)C(=O)OCOC. The van der Waals surface area contributed by atoms with Crippen molar-refractivity contribution in [1.82, 2.24) is 4.90 Å². The number of hydrogen-bond donors (Lipinski definition) is 0. The van der Waals surface area contributed by atoms with Crippen molar-refractivity contribution < 1.29 is 27.4 Å². The van der Waals surface area contributed by atoms with Crippen molar-refractivity contribution in [3.63, 3.8) is 0 Å². The Morgan fingerprint density at radius 1 is 1.43 bits per heavy atom. The van der Waals surface area contributed by atoms with Gasteiger partial charge in [0.1, 0.15) is 6.54 Å². The molecule has 0 rings (SSSR count). The van der Waals surface area contributed by atoms with Gasteiger partial charge in [-0.2, -0.15) is 13.2 Å². The van der Waals surface area contributed by atoms with Crippen LogP contribution in [0.3, 0.4) is 0 Å². The van der Waals surface area contributed by atoms with Gasteiger partial charge in [0.25, 0.3) is 0 Å². The molecular weight excluding hydrogens is 203 g/mol. The van der Waals surface area contributed by atoms with Gasteiger partial charge in [0.15, 0.2) is 6.79 Å². The minimum Gasteiger partial charge on any atom is -0.422 e. The average Bonchev–Trinajstić information content (AvgIpc) is 2.08. The Bertz CT molecular complexity index is 184. The average molecular weight is 215 g/mol. The number of ether oxygens (including phenoxy) is 2. The molecule has 0 bridgehead atoms. The van der Waals surface area contributed by atoms with E-state index in [1.54, 1.807) is 0 Å². The summed E-state index contributed by atoms with van der Waals surface area (Å²) in [4.78, 5) is 11.5. The van der Waals surface area contributed by atoms with Crippen LogP contribution < -0.4 is 0 Å². The van der Waals surface area contributed by atoms with Crippen molar-refractivity contribution in [2.45, 2.75) is 13.1 Å². The third-order valence-electron chi connectivity index (χ3n) is 1.31. The van der Waals surface area contributed by atoms with Gasteiger partial charge in [0.2, 0.25) is 0 Å². The van der Waals surface area contributed by atoms with E-state index in [1.165, 1.54) is 14.0 Å². The van der Waals surface area contributed by atoms with Crippen molar-refractivity contribution in [2.24, 2.45) is 0 Å². The van der Waals surface area contributed by atoms with Crippen molar-refractivity contribution in [3.8, 4) is 0 Å². The van der Waals surface area contributed by atoms with Gasteiger partial charge in [-0.3, -0.25) is 4.90 Å². The van der Waals surface area contributed by atoms with Gasteiger partial charge < -0.3 is 9.47 Å². The fourth-order valence-electron chi connectivity index (χ4n) is 0.722. The Morgan fingerprint density at radius 3 is 2.36 bits per heavy atom. The molecule has 0 saturated heterocycles. The maximum absolute atomic E-state index is 11.9. The Morgan fingerprint density at radius 2 is 2.00 bits per heavy atom. The molecule has 0 aliphatic heterocycles. The molecule has 0 heterocycles. The molecule has 0 aromatic heterocycles. The van der Waals surface area contributed by atoms with Crippen LogP contribution in [0.5, 0.6) is 0 Å². The van der Waals surface area contributed by atoms with E-state index in [4.69, 9.17) is 0 Å². The van der Waals surface area contributed by atoms with Crippen LogP contribution in [-0.2, 0) is 9.47 Å². The van der Waals surface area contributed by atoms with Gasteiger partial charge in [-0.25, -0.2) is 4.79 Å². The first kappa shape index (κ1) is 13.0. The van der Waals surface area contributed by atoms with Crippen LogP contribution in [0.25, 0.3) is 0 Å². The summed E-state index contributed by atoms with van der Waals surface area (Å²) < 4.78 is 44.4. The first-order valence-corrected chi connectivity index (χ1v) is 3.88. The molecule has 0 N–H and O–H groups in total. The van der Waals surface area contributed by atoms with Crippen LogP contribution in [0.4, 0.5) is 18.0 Å². The van der Waals surface area contributed by atoms with Crippen LogP contribution in [0, 0.1) is 0 Å². The second-order valence-electron chi connectivity index (χ2n) is 2.45. The van der Waals surface area contributed by atoms with E-state index < -0.39 is 18.8 Å². The summed E-state index contributed by atoms with van der Waals surface area (Å²) in [5, 5.41) is 0. The second-order valence-corrected chi connectivity index (χ2v) is 2.45. The summed E-state index contributed by atoms with van der Waals surface area (Å²) in [7, 11) is 1.27. The lowest BCUT2D eigenvalue weighted by molar-refractivity contribution is -0.143. The second kappa shape index (κ2) is 5.69. The van der Waals surface area contributed by atoms with E-state index in [0.29, 0.717) is 4.90 Å². The molecule has 84 valence electrons. The van der Waals surface area contributed by atoms with Crippen LogP contribution in [0.2, 0.25) is 0 Å². The van der Waals surface area contributed by atoms with Crippen molar-refractivity contribution >= 4 is 6.09 Å². The lowest BCUT2D eigenvalue weighted by Gasteiger charge is -2.21. The smallest absolute Gasteiger partial charge is 0.412 e. The molecular formula is C7H12F3NO3. The lowest BCUT2D eigenvalue weighted by atomic mass is 10.5. The van der Waals surface area contributed by atoms with Crippen molar-refractivity contribution in [2.75, 3.05) is 27.0 Å².